The van der Waals surface area contributed by atoms with Crippen molar-refractivity contribution in [1.82, 2.24) is 19.3 Å². The molecule has 166 valence electrons. The minimum absolute atomic E-state index is 0.244. The van der Waals surface area contributed by atoms with Gasteiger partial charge in [0.1, 0.15) is 16.7 Å². The summed E-state index contributed by atoms with van der Waals surface area (Å²) in [5.74, 6) is -0.390. The molecule has 0 fully saturated rings. The van der Waals surface area contributed by atoms with Crippen LogP contribution in [0.1, 0.15) is 11.3 Å². The van der Waals surface area contributed by atoms with Crippen LogP contribution in [-0.4, -0.2) is 27.0 Å². The maximum Gasteiger partial charge on any atom is 0.446 e. The topological polar surface area (TPSA) is 57.5 Å². The van der Waals surface area contributed by atoms with Gasteiger partial charge in [-0.2, -0.15) is 31.6 Å². The van der Waals surface area contributed by atoms with Crippen molar-refractivity contribution in [2.24, 2.45) is 0 Å². The third kappa shape index (κ3) is 4.85. The van der Waals surface area contributed by atoms with Gasteiger partial charge in [0.25, 0.3) is 0 Å². The van der Waals surface area contributed by atoms with Gasteiger partial charge in [0.15, 0.2) is 5.69 Å². The summed E-state index contributed by atoms with van der Waals surface area (Å²) in [6.07, 6.45) is -2.09. The van der Waals surface area contributed by atoms with Gasteiger partial charge < -0.3 is 0 Å². The zero-order valence-electron chi connectivity index (χ0n) is 15.3. The van der Waals surface area contributed by atoms with Gasteiger partial charge in [0.05, 0.1) is 22.3 Å². The Kier molecular flexibility index (Phi) is 6.46. The number of hydrogen-bond acceptors (Lipinski definition) is 4. The Morgan fingerprint density at radius 1 is 1.06 bits per heavy atom. The van der Waals surface area contributed by atoms with E-state index in [0.717, 1.165) is 9.26 Å². The van der Waals surface area contributed by atoms with Crippen molar-refractivity contribution in [2.45, 2.75) is 16.6 Å². The van der Waals surface area contributed by atoms with E-state index in [4.69, 9.17) is 23.2 Å². The zero-order chi connectivity index (χ0) is 23.8. The molecule has 1 aromatic carbocycles. The van der Waals surface area contributed by atoms with E-state index in [1.165, 1.54) is 24.5 Å². The van der Waals surface area contributed by atoms with Crippen molar-refractivity contribution in [2.75, 3.05) is 0 Å². The largest absolute Gasteiger partial charge is 0.446 e. The minimum atomic E-state index is -4.82. The van der Waals surface area contributed by atoms with Crippen LogP contribution in [0.3, 0.4) is 0 Å². The molecule has 14 heteroatoms. The van der Waals surface area contributed by atoms with Crippen LogP contribution in [0.15, 0.2) is 41.6 Å². The molecule has 3 rings (SSSR count). The molecule has 0 aliphatic heterocycles. The lowest BCUT2D eigenvalue weighted by molar-refractivity contribution is -0.137. The summed E-state index contributed by atoms with van der Waals surface area (Å²) in [5, 5.41) is 12.1. The summed E-state index contributed by atoms with van der Waals surface area (Å²) in [6.45, 7) is 3.71. The highest BCUT2D eigenvalue weighted by atomic mass is 35.5. The van der Waals surface area contributed by atoms with Crippen LogP contribution in [0.25, 0.3) is 5.69 Å². The fraction of sp³-hybridized carbons (Fsp3) is 0.111. The van der Waals surface area contributed by atoms with Gasteiger partial charge in [-0.3, -0.25) is 4.98 Å². The smallest absolute Gasteiger partial charge is 0.264 e. The predicted octanol–water partition coefficient (Wildman–Crippen LogP) is 6.61. The first-order chi connectivity index (χ1) is 14.8. The van der Waals surface area contributed by atoms with Crippen LogP contribution in [-0.2, 0) is 6.18 Å². The van der Waals surface area contributed by atoms with Crippen LogP contribution in [0.2, 0.25) is 10.0 Å². The van der Waals surface area contributed by atoms with E-state index in [9.17, 15) is 31.6 Å². The van der Waals surface area contributed by atoms with Gasteiger partial charge in [-0.15, -0.1) is 0 Å². The molecule has 0 bridgehead atoms. The average Bonchev–Trinajstić information content (AvgIpc) is 3.03. The highest BCUT2D eigenvalue weighted by molar-refractivity contribution is 8.00. The minimum Gasteiger partial charge on any atom is -0.264 e. The maximum absolute atomic E-state index is 13.2. The van der Waals surface area contributed by atoms with E-state index in [-0.39, 0.29) is 11.4 Å². The Hall–Kier alpha value is -2.75. The molecule has 0 aliphatic rings. The highest BCUT2D eigenvalue weighted by Crippen LogP contribution is 2.46. The molecule has 0 aliphatic carbocycles. The Balaban J connectivity index is 2.35. The second kappa shape index (κ2) is 8.65. The summed E-state index contributed by atoms with van der Waals surface area (Å²) < 4.78 is 80.8. The number of nitrogens with zero attached hydrogens (tertiary/aromatic N) is 5. The number of nitriles is 1. The molecular formula is C18H8Cl2F6N5S+. The number of alkyl halides is 6. The molecule has 0 atom stereocenters. The monoisotopic (exact) mass is 510 g/mol. The summed E-state index contributed by atoms with van der Waals surface area (Å²) in [4.78, 5) is 3.16. The number of pyridine rings is 1. The second-order valence-corrected chi connectivity index (χ2v) is 7.88. The van der Waals surface area contributed by atoms with E-state index in [1.807, 2.05) is 0 Å². The molecule has 5 nitrogen and oxygen atoms in total. The zero-order valence-corrected chi connectivity index (χ0v) is 17.7. The van der Waals surface area contributed by atoms with E-state index < -0.39 is 55.5 Å². The number of aromatic nitrogens is 3. The molecule has 0 amide bonds. The van der Waals surface area contributed by atoms with Crippen LogP contribution >= 0.6 is 35.0 Å². The normalized spacial score (nSPS) is 12.0. The van der Waals surface area contributed by atoms with E-state index >= 15 is 0 Å². The van der Waals surface area contributed by atoms with Crippen LogP contribution in [0.5, 0.6) is 0 Å². The van der Waals surface area contributed by atoms with Crippen molar-refractivity contribution in [3.05, 3.63) is 58.0 Å². The summed E-state index contributed by atoms with van der Waals surface area (Å²) >= 11 is 11.4. The SMILES string of the molecule is C=[N+](c1ccncc1)c1c(SC(F)(F)F)c(C#N)nn1-c1c(Cl)cc(C(F)(F)F)cc1Cl. The lowest BCUT2D eigenvalue weighted by atomic mass is 10.2. The van der Waals surface area contributed by atoms with Crippen molar-refractivity contribution in [1.29, 1.82) is 5.26 Å². The Morgan fingerprint density at radius 2 is 1.62 bits per heavy atom. The summed E-state index contributed by atoms with van der Waals surface area (Å²) in [6, 6.07) is 5.47. The van der Waals surface area contributed by atoms with Gasteiger partial charge in [0.2, 0.25) is 5.69 Å². The molecule has 0 unspecified atom stereocenters. The molecule has 0 N–H and O–H groups in total. The molecule has 0 saturated carbocycles. The first kappa shape index (κ1) is 23.9. The molecule has 0 saturated heterocycles. The standard InChI is InChI=1S/C18H8Cl2F6N5S/c1-30(10-2-4-28-5-3-10)16-15(32-18(24,25)26)13(8-27)29-31(16)14-11(19)6-9(7-12(14)20)17(21,22)23/h2-7H,1H2/q+1. The average molecular weight is 511 g/mol. The van der Waals surface area contributed by atoms with Crippen molar-refractivity contribution < 1.29 is 26.3 Å². The quantitative estimate of drug-likeness (QED) is 0.171. The number of rotatable bonds is 4. The first-order valence-electron chi connectivity index (χ1n) is 8.19. The molecule has 3 aromatic rings. The number of hydrogen-bond donors (Lipinski definition) is 0. The fourth-order valence-electron chi connectivity index (χ4n) is 2.65. The predicted molar refractivity (Wildman–Crippen MR) is 108 cm³/mol. The van der Waals surface area contributed by atoms with Gasteiger partial charge >= 0.3 is 17.5 Å². The van der Waals surface area contributed by atoms with E-state index in [2.05, 4.69) is 16.8 Å². The Bertz CT molecular complexity index is 1210. The van der Waals surface area contributed by atoms with Crippen LogP contribution < -0.4 is 4.58 Å². The van der Waals surface area contributed by atoms with Crippen molar-refractivity contribution in [3.63, 3.8) is 0 Å². The molecular weight excluding hydrogens is 503 g/mol. The molecule has 32 heavy (non-hydrogen) atoms. The second-order valence-electron chi connectivity index (χ2n) is 5.99. The van der Waals surface area contributed by atoms with E-state index in [0.29, 0.717) is 12.1 Å². The molecule has 0 spiro atoms. The van der Waals surface area contributed by atoms with Gasteiger partial charge in [-0.05, 0) is 23.9 Å². The lowest BCUT2D eigenvalue weighted by Gasteiger charge is -2.12. The summed E-state index contributed by atoms with van der Waals surface area (Å²) in [5.41, 5.74) is -6.76. The van der Waals surface area contributed by atoms with Gasteiger partial charge in [-0.1, -0.05) is 33.0 Å². The maximum atomic E-state index is 13.2. The number of thioether (sulfide) groups is 1. The van der Waals surface area contributed by atoms with Gasteiger partial charge in [0, 0.05) is 24.5 Å². The molecule has 2 aromatic heterocycles. The third-order valence-corrected chi connectivity index (χ3v) is 5.32. The van der Waals surface area contributed by atoms with E-state index in [1.54, 1.807) is 6.07 Å². The van der Waals surface area contributed by atoms with Crippen molar-refractivity contribution in [3.8, 4) is 11.8 Å². The van der Waals surface area contributed by atoms with Gasteiger partial charge in [-0.25, -0.2) is 4.58 Å². The van der Waals surface area contributed by atoms with Crippen molar-refractivity contribution >= 4 is 53.2 Å². The fourth-order valence-corrected chi connectivity index (χ4v) is 4.00. The third-order valence-electron chi connectivity index (χ3n) is 3.93. The van der Waals surface area contributed by atoms with Crippen LogP contribution in [0, 0.1) is 11.3 Å². The lowest BCUT2D eigenvalue weighted by Crippen LogP contribution is -2.12. The Labute approximate surface area is 190 Å². The van der Waals surface area contributed by atoms with Crippen LogP contribution in [0.4, 0.5) is 37.8 Å². The highest BCUT2D eigenvalue weighted by Gasteiger charge is 2.41. The summed E-state index contributed by atoms with van der Waals surface area (Å²) in [7, 11) is 0. The first-order valence-corrected chi connectivity index (χ1v) is 9.77. The number of benzene rings is 1. The molecule has 0 radical (unpaired) electrons. The molecule has 2 heterocycles. The Morgan fingerprint density at radius 3 is 2.09 bits per heavy atom. The number of halogens is 8.